The standard InChI is InChI=1S/C28H26N2O3S/c1-19-17-22(13-15-24(19)33-2)23(31)14-16-26(32)29-28-30-27(21-11-7-4-8-12-21)25(34-28)18-20-9-5-3-6-10-20/h3-13,15,17H,14,16,18H2,1-2H3,(H,29,30,32). The largest absolute Gasteiger partial charge is 0.496 e. The molecule has 5 nitrogen and oxygen atoms in total. The van der Waals surface area contributed by atoms with Crippen molar-refractivity contribution in [2.45, 2.75) is 26.2 Å². The van der Waals surface area contributed by atoms with Crippen molar-refractivity contribution in [1.82, 2.24) is 4.98 Å². The highest BCUT2D eigenvalue weighted by Gasteiger charge is 2.16. The molecule has 0 saturated carbocycles. The molecule has 0 aliphatic carbocycles. The Labute approximate surface area is 203 Å². The summed E-state index contributed by atoms with van der Waals surface area (Å²) in [5.74, 6) is 0.437. The van der Waals surface area contributed by atoms with Gasteiger partial charge in [-0.2, -0.15) is 0 Å². The number of anilines is 1. The molecule has 1 amide bonds. The van der Waals surface area contributed by atoms with E-state index in [0.29, 0.717) is 10.7 Å². The number of hydrogen-bond donors (Lipinski definition) is 1. The first-order chi connectivity index (χ1) is 16.5. The zero-order valence-corrected chi connectivity index (χ0v) is 20.0. The molecule has 172 valence electrons. The molecular weight excluding hydrogens is 444 g/mol. The minimum absolute atomic E-state index is 0.0743. The number of aryl methyl sites for hydroxylation is 1. The number of carbonyl (C=O) groups excluding carboxylic acids is 2. The predicted octanol–water partition coefficient (Wildman–Crippen LogP) is 6.32. The molecule has 0 bridgehead atoms. The summed E-state index contributed by atoms with van der Waals surface area (Å²) in [5.41, 5.74) is 4.53. The molecule has 0 fully saturated rings. The zero-order valence-electron chi connectivity index (χ0n) is 19.2. The van der Waals surface area contributed by atoms with Crippen LogP contribution in [0.15, 0.2) is 78.9 Å². The predicted molar refractivity (Wildman–Crippen MR) is 137 cm³/mol. The number of thiazole rings is 1. The number of hydrogen-bond acceptors (Lipinski definition) is 5. The van der Waals surface area contributed by atoms with Gasteiger partial charge < -0.3 is 10.1 Å². The van der Waals surface area contributed by atoms with Gasteiger partial charge in [0.05, 0.1) is 12.8 Å². The van der Waals surface area contributed by atoms with Crippen molar-refractivity contribution in [2.24, 2.45) is 0 Å². The number of benzene rings is 3. The van der Waals surface area contributed by atoms with Crippen LogP contribution in [-0.4, -0.2) is 23.8 Å². The Morgan fingerprint density at radius 2 is 1.65 bits per heavy atom. The van der Waals surface area contributed by atoms with Crippen LogP contribution < -0.4 is 10.1 Å². The van der Waals surface area contributed by atoms with Crippen LogP contribution >= 0.6 is 11.3 Å². The quantitative estimate of drug-likeness (QED) is 0.291. The molecule has 0 aliphatic heterocycles. The average Bonchev–Trinajstić information content (AvgIpc) is 3.25. The highest BCUT2D eigenvalue weighted by molar-refractivity contribution is 7.16. The van der Waals surface area contributed by atoms with Crippen LogP contribution in [-0.2, 0) is 11.2 Å². The van der Waals surface area contributed by atoms with Gasteiger partial charge in [0.2, 0.25) is 5.91 Å². The summed E-state index contributed by atoms with van der Waals surface area (Å²) in [7, 11) is 1.60. The molecule has 6 heteroatoms. The van der Waals surface area contributed by atoms with E-state index in [0.717, 1.165) is 33.9 Å². The van der Waals surface area contributed by atoms with Crippen LogP contribution in [0.2, 0.25) is 0 Å². The Morgan fingerprint density at radius 1 is 0.941 bits per heavy atom. The first kappa shape index (κ1) is 23.4. The third-order valence-corrected chi connectivity index (χ3v) is 6.47. The SMILES string of the molecule is COc1ccc(C(=O)CCC(=O)Nc2nc(-c3ccccc3)c(Cc3ccccc3)s2)cc1C. The second-order valence-electron chi connectivity index (χ2n) is 7.97. The van der Waals surface area contributed by atoms with E-state index in [9.17, 15) is 9.59 Å². The molecule has 4 rings (SSSR count). The van der Waals surface area contributed by atoms with Crippen LogP contribution in [0.1, 0.15) is 39.2 Å². The Morgan fingerprint density at radius 3 is 2.32 bits per heavy atom. The number of carbonyl (C=O) groups is 2. The molecule has 0 spiro atoms. The minimum atomic E-state index is -0.224. The van der Waals surface area contributed by atoms with E-state index >= 15 is 0 Å². The van der Waals surface area contributed by atoms with Crippen molar-refractivity contribution in [3.63, 3.8) is 0 Å². The maximum absolute atomic E-state index is 12.6. The number of ether oxygens (including phenoxy) is 1. The van der Waals surface area contributed by atoms with Gasteiger partial charge in [-0.15, -0.1) is 11.3 Å². The smallest absolute Gasteiger partial charge is 0.226 e. The van der Waals surface area contributed by atoms with Gasteiger partial charge in [-0.1, -0.05) is 60.7 Å². The van der Waals surface area contributed by atoms with Gasteiger partial charge >= 0.3 is 0 Å². The molecule has 1 heterocycles. The molecule has 34 heavy (non-hydrogen) atoms. The lowest BCUT2D eigenvalue weighted by molar-refractivity contribution is -0.116. The van der Waals surface area contributed by atoms with Gasteiger partial charge in [0.25, 0.3) is 0 Å². The number of nitrogens with one attached hydrogen (secondary N) is 1. The molecule has 0 unspecified atom stereocenters. The molecule has 1 aromatic heterocycles. The van der Waals surface area contributed by atoms with Crippen molar-refractivity contribution < 1.29 is 14.3 Å². The summed E-state index contributed by atoms with van der Waals surface area (Å²) in [4.78, 5) is 31.0. The Hall–Kier alpha value is -3.77. The fraction of sp³-hybridized carbons (Fsp3) is 0.179. The van der Waals surface area contributed by atoms with Gasteiger partial charge in [-0.05, 0) is 36.2 Å². The number of aromatic nitrogens is 1. The second kappa shape index (κ2) is 10.9. The summed E-state index contributed by atoms with van der Waals surface area (Å²) < 4.78 is 5.24. The molecule has 0 atom stereocenters. The summed E-state index contributed by atoms with van der Waals surface area (Å²) in [6.07, 6.45) is 0.956. The number of methoxy groups -OCH3 is 1. The van der Waals surface area contributed by atoms with E-state index < -0.39 is 0 Å². The van der Waals surface area contributed by atoms with Crippen molar-refractivity contribution >= 4 is 28.2 Å². The summed E-state index contributed by atoms with van der Waals surface area (Å²) in [6, 6.07) is 25.5. The minimum Gasteiger partial charge on any atom is -0.496 e. The number of Topliss-reactive ketones (excluding diaryl/α,β-unsaturated/α-hetero) is 1. The van der Waals surface area contributed by atoms with Crippen LogP contribution in [0.25, 0.3) is 11.3 Å². The van der Waals surface area contributed by atoms with E-state index in [1.807, 2.05) is 55.5 Å². The van der Waals surface area contributed by atoms with Crippen LogP contribution in [0, 0.1) is 6.92 Å². The second-order valence-corrected chi connectivity index (χ2v) is 9.06. The van der Waals surface area contributed by atoms with E-state index in [-0.39, 0.29) is 24.5 Å². The monoisotopic (exact) mass is 470 g/mol. The van der Waals surface area contributed by atoms with Crippen molar-refractivity contribution in [3.8, 4) is 17.0 Å². The Bertz CT molecular complexity index is 1280. The van der Waals surface area contributed by atoms with Crippen LogP contribution in [0.5, 0.6) is 5.75 Å². The molecule has 0 saturated heterocycles. The van der Waals surface area contributed by atoms with E-state index in [1.54, 1.807) is 25.3 Å². The lowest BCUT2D eigenvalue weighted by atomic mass is 10.0. The highest BCUT2D eigenvalue weighted by Crippen LogP contribution is 2.33. The van der Waals surface area contributed by atoms with Crippen molar-refractivity contribution in [2.75, 3.05) is 12.4 Å². The van der Waals surface area contributed by atoms with E-state index in [2.05, 4.69) is 17.4 Å². The topological polar surface area (TPSA) is 68.3 Å². The summed E-state index contributed by atoms with van der Waals surface area (Å²) in [5, 5.41) is 3.43. The number of amides is 1. The third-order valence-electron chi connectivity index (χ3n) is 5.49. The van der Waals surface area contributed by atoms with Gasteiger partial charge in [-0.3, -0.25) is 9.59 Å². The maximum atomic E-state index is 12.6. The lowest BCUT2D eigenvalue weighted by Gasteiger charge is -2.07. The fourth-order valence-corrected chi connectivity index (χ4v) is 4.77. The van der Waals surface area contributed by atoms with Crippen molar-refractivity contribution in [1.29, 1.82) is 0 Å². The molecule has 1 N–H and O–H groups in total. The van der Waals surface area contributed by atoms with Crippen LogP contribution in [0.3, 0.4) is 0 Å². The van der Waals surface area contributed by atoms with Gasteiger partial charge in [0.1, 0.15) is 5.75 Å². The molecule has 0 aliphatic rings. The molecule has 4 aromatic rings. The number of ketones is 1. The molecular formula is C28H26N2O3S. The zero-order chi connectivity index (χ0) is 23.9. The highest BCUT2D eigenvalue weighted by atomic mass is 32.1. The van der Waals surface area contributed by atoms with Crippen molar-refractivity contribution in [3.05, 3.63) is 100 Å². The summed E-state index contributed by atoms with van der Waals surface area (Å²) in [6.45, 7) is 1.89. The third kappa shape index (κ3) is 5.77. The lowest BCUT2D eigenvalue weighted by Crippen LogP contribution is -2.13. The maximum Gasteiger partial charge on any atom is 0.226 e. The molecule has 3 aromatic carbocycles. The first-order valence-electron chi connectivity index (χ1n) is 11.1. The van der Waals surface area contributed by atoms with E-state index in [1.165, 1.54) is 16.9 Å². The molecule has 0 radical (unpaired) electrons. The summed E-state index contributed by atoms with van der Waals surface area (Å²) >= 11 is 1.47. The Kier molecular flexibility index (Phi) is 7.50. The van der Waals surface area contributed by atoms with Gasteiger partial charge in [0.15, 0.2) is 10.9 Å². The average molecular weight is 471 g/mol. The van der Waals surface area contributed by atoms with Crippen LogP contribution in [0.4, 0.5) is 5.13 Å². The number of nitrogens with zero attached hydrogens (tertiary/aromatic N) is 1. The Balaban J connectivity index is 1.45. The normalized spacial score (nSPS) is 10.6. The number of rotatable bonds is 9. The first-order valence-corrected chi connectivity index (χ1v) is 11.9. The van der Waals surface area contributed by atoms with Gasteiger partial charge in [0, 0.05) is 35.3 Å². The van der Waals surface area contributed by atoms with E-state index in [4.69, 9.17) is 9.72 Å². The fourth-order valence-electron chi connectivity index (χ4n) is 3.73. The van der Waals surface area contributed by atoms with Gasteiger partial charge in [-0.25, -0.2) is 4.98 Å².